The molecule has 24 heavy (non-hydrogen) atoms. The van der Waals surface area contributed by atoms with Gasteiger partial charge in [-0.15, -0.1) is 0 Å². The lowest BCUT2D eigenvalue weighted by molar-refractivity contribution is 0.564. The molecule has 1 aromatic carbocycles. The van der Waals surface area contributed by atoms with Gasteiger partial charge in [0.25, 0.3) is 0 Å². The van der Waals surface area contributed by atoms with E-state index in [1.165, 1.54) is 17.6 Å². The van der Waals surface area contributed by atoms with E-state index in [0.717, 1.165) is 29.6 Å². The Morgan fingerprint density at radius 2 is 2.00 bits per heavy atom. The maximum Gasteiger partial charge on any atom is 0.205 e. The standard InChI is InChI=1S/C18H27FN4S/c1-12(2)20-8-9-23(13(3)4)18-21-17(22-24-18)11-15-6-7-16(19)14(5)10-15/h6-7,10,12-13,20H,8-9,11H2,1-5H3. The van der Waals surface area contributed by atoms with Crippen molar-refractivity contribution in [2.75, 3.05) is 18.0 Å². The van der Waals surface area contributed by atoms with Crippen LogP contribution in [0, 0.1) is 12.7 Å². The van der Waals surface area contributed by atoms with Crippen molar-refractivity contribution < 1.29 is 4.39 Å². The Kier molecular flexibility index (Phi) is 6.69. The number of hydrogen-bond donors (Lipinski definition) is 1. The van der Waals surface area contributed by atoms with E-state index >= 15 is 0 Å². The minimum Gasteiger partial charge on any atom is -0.343 e. The highest BCUT2D eigenvalue weighted by Crippen LogP contribution is 2.21. The van der Waals surface area contributed by atoms with Crippen molar-refractivity contribution in [1.82, 2.24) is 14.7 Å². The number of benzene rings is 1. The summed E-state index contributed by atoms with van der Waals surface area (Å²) in [6, 6.07) is 6.02. The summed E-state index contributed by atoms with van der Waals surface area (Å²) in [6.45, 7) is 12.2. The van der Waals surface area contributed by atoms with Gasteiger partial charge in [-0.05, 0) is 38.0 Å². The molecule has 0 amide bonds. The fraction of sp³-hybridized carbons (Fsp3) is 0.556. The zero-order chi connectivity index (χ0) is 17.7. The van der Waals surface area contributed by atoms with Gasteiger partial charge in [-0.1, -0.05) is 26.0 Å². The molecule has 2 aromatic rings. The van der Waals surface area contributed by atoms with Crippen molar-refractivity contribution >= 4 is 16.7 Å². The molecule has 1 N–H and O–H groups in total. The van der Waals surface area contributed by atoms with Gasteiger partial charge < -0.3 is 10.2 Å². The van der Waals surface area contributed by atoms with Crippen LogP contribution in [0.1, 0.15) is 44.6 Å². The SMILES string of the molecule is Cc1cc(Cc2nsc(N(CCNC(C)C)C(C)C)n2)ccc1F. The van der Waals surface area contributed by atoms with Crippen molar-refractivity contribution in [3.8, 4) is 0 Å². The number of nitrogens with zero attached hydrogens (tertiary/aromatic N) is 3. The molecule has 0 saturated carbocycles. The predicted octanol–water partition coefficient (Wildman–Crippen LogP) is 3.79. The van der Waals surface area contributed by atoms with E-state index in [0.29, 0.717) is 24.1 Å². The van der Waals surface area contributed by atoms with Crippen molar-refractivity contribution in [2.45, 2.75) is 53.1 Å². The third-order valence-corrected chi connectivity index (χ3v) is 4.61. The van der Waals surface area contributed by atoms with Crippen LogP contribution in [0.5, 0.6) is 0 Å². The fourth-order valence-electron chi connectivity index (χ4n) is 2.48. The number of hydrogen-bond acceptors (Lipinski definition) is 5. The minimum absolute atomic E-state index is 0.172. The quantitative estimate of drug-likeness (QED) is 0.786. The van der Waals surface area contributed by atoms with Gasteiger partial charge in [0.1, 0.15) is 11.6 Å². The number of anilines is 1. The van der Waals surface area contributed by atoms with Gasteiger partial charge in [0.15, 0.2) is 0 Å². The van der Waals surface area contributed by atoms with Gasteiger partial charge in [0, 0.05) is 43.1 Å². The third-order valence-electron chi connectivity index (χ3n) is 3.82. The van der Waals surface area contributed by atoms with Crippen LogP contribution in [0.15, 0.2) is 18.2 Å². The van der Waals surface area contributed by atoms with Crippen LogP contribution in [0.2, 0.25) is 0 Å². The van der Waals surface area contributed by atoms with E-state index < -0.39 is 0 Å². The second-order valence-corrected chi connectivity index (χ2v) is 7.38. The van der Waals surface area contributed by atoms with E-state index in [4.69, 9.17) is 0 Å². The summed E-state index contributed by atoms with van der Waals surface area (Å²) in [5, 5.41) is 4.39. The molecule has 132 valence electrons. The molecule has 0 aliphatic carbocycles. The van der Waals surface area contributed by atoms with E-state index in [9.17, 15) is 4.39 Å². The number of aromatic nitrogens is 2. The van der Waals surface area contributed by atoms with E-state index in [-0.39, 0.29) is 5.82 Å². The molecule has 0 saturated heterocycles. The van der Waals surface area contributed by atoms with Crippen LogP contribution in [0.25, 0.3) is 0 Å². The largest absolute Gasteiger partial charge is 0.343 e. The third kappa shape index (κ3) is 5.24. The van der Waals surface area contributed by atoms with Crippen molar-refractivity contribution in [3.05, 3.63) is 41.0 Å². The van der Waals surface area contributed by atoms with E-state index in [2.05, 4.69) is 47.3 Å². The van der Waals surface area contributed by atoms with E-state index in [1.807, 2.05) is 6.07 Å². The topological polar surface area (TPSA) is 41.1 Å². The van der Waals surface area contributed by atoms with Crippen LogP contribution in [-0.2, 0) is 6.42 Å². The summed E-state index contributed by atoms with van der Waals surface area (Å²) in [4.78, 5) is 6.96. The summed E-state index contributed by atoms with van der Waals surface area (Å²) < 4.78 is 17.9. The summed E-state index contributed by atoms with van der Waals surface area (Å²) in [5.74, 6) is 0.623. The summed E-state index contributed by atoms with van der Waals surface area (Å²) in [5.41, 5.74) is 1.70. The van der Waals surface area contributed by atoms with Crippen LogP contribution in [0.3, 0.4) is 0 Å². The number of nitrogens with one attached hydrogen (secondary N) is 1. The average molecular weight is 351 g/mol. The Balaban J connectivity index is 2.05. The number of halogens is 1. The lowest BCUT2D eigenvalue weighted by Gasteiger charge is -2.26. The molecule has 0 aliphatic rings. The van der Waals surface area contributed by atoms with Crippen LogP contribution >= 0.6 is 11.5 Å². The predicted molar refractivity (Wildman–Crippen MR) is 99.5 cm³/mol. The molecular formula is C18H27FN4S. The van der Waals surface area contributed by atoms with Crippen molar-refractivity contribution in [3.63, 3.8) is 0 Å². The summed E-state index contributed by atoms with van der Waals surface area (Å²) in [6.07, 6.45) is 0.633. The Hall–Kier alpha value is -1.53. The molecule has 0 unspecified atom stereocenters. The lowest BCUT2D eigenvalue weighted by atomic mass is 10.1. The minimum atomic E-state index is -0.172. The molecule has 0 fully saturated rings. The maximum atomic E-state index is 13.4. The molecule has 4 nitrogen and oxygen atoms in total. The van der Waals surface area contributed by atoms with Gasteiger partial charge in [-0.3, -0.25) is 0 Å². The summed E-state index contributed by atoms with van der Waals surface area (Å²) >= 11 is 1.43. The fourth-order valence-corrected chi connectivity index (χ4v) is 3.33. The maximum absolute atomic E-state index is 13.4. The summed E-state index contributed by atoms with van der Waals surface area (Å²) in [7, 11) is 0. The smallest absolute Gasteiger partial charge is 0.205 e. The van der Waals surface area contributed by atoms with E-state index in [1.54, 1.807) is 13.0 Å². The number of aryl methyl sites for hydroxylation is 1. The first kappa shape index (κ1) is 18.8. The average Bonchev–Trinajstić information content (AvgIpc) is 2.95. The van der Waals surface area contributed by atoms with Crippen LogP contribution in [-0.4, -0.2) is 34.5 Å². The van der Waals surface area contributed by atoms with Crippen LogP contribution in [0.4, 0.5) is 9.52 Å². The molecule has 1 heterocycles. The van der Waals surface area contributed by atoms with Crippen LogP contribution < -0.4 is 10.2 Å². The zero-order valence-corrected chi connectivity index (χ0v) is 16.0. The first-order valence-electron chi connectivity index (χ1n) is 8.44. The molecule has 0 radical (unpaired) electrons. The van der Waals surface area contributed by atoms with Crippen molar-refractivity contribution in [1.29, 1.82) is 0 Å². The van der Waals surface area contributed by atoms with Gasteiger partial charge in [-0.2, -0.15) is 4.37 Å². The lowest BCUT2D eigenvalue weighted by Crippen LogP contribution is -2.38. The molecule has 2 rings (SSSR count). The number of rotatable bonds is 8. The molecule has 1 aromatic heterocycles. The molecule has 0 bridgehead atoms. The Bertz CT molecular complexity index is 654. The first-order valence-corrected chi connectivity index (χ1v) is 9.21. The van der Waals surface area contributed by atoms with Gasteiger partial charge >= 0.3 is 0 Å². The normalized spacial score (nSPS) is 11.5. The molecule has 0 spiro atoms. The Morgan fingerprint density at radius 3 is 2.62 bits per heavy atom. The Morgan fingerprint density at radius 1 is 1.25 bits per heavy atom. The second-order valence-electron chi connectivity index (χ2n) is 6.65. The molecule has 0 atom stereocenters. The Labute approximate surface area is 148 Å². The van der Waals surface area contributed by atoms with Gasteiger partial charge in [0.2, 0.25) is 5.13 Å². The van der Waals surface area contributed by atoms with Gasteiger partial charge in [0.05, 0.1) is 0 Å². The molecule has 0 aliphatic heterocycles. The van der Waals surface area contributed by atoms with Gasteiger partial charge in [-0.25, -0.2) is 9.37 Å². The molecule has 6 heteroatoms. The monoisotopic (exact) mass is 350 g/mol. The molecular weight excluding hydrogens is 323 g/mol. The highest BCUT2D eigenvalue weighted by molar-refractivity contribution is 7.09. The first-order chi connectivity index (χ1) is 11.4. The highest BCUT2D eigenvalue weighted by atomic mass is 32.1. The highest BCUT2D eigenvalue weighted by Gasteiger charge is 2.16. The second kappa shape index (κ2) is 8.53. The zero-order valence-electron chi connectivity index (χ0n) is 15.1. The van der Waals surface area contributed by atoms with Crippen molar-refractivity contribution in [2.24, 2.45) is 0 Å².